The molecule has 0 spiro atoms. The molecular formula is C25H24FNO5. The number of aliphatic hydroxyl groups is 1. The molecule has 2 saturated heterocycles. The van der Waals surface area contributed by atoms with Gasteiger partial charge in [0.25, 0.3) is 11.7 Å². The molecule has 0 aliphatic carbocycles. The van der Waals surface area contributed by atoms with E-state index < -0.39 is 23.5 Å². The number of fused-ring (bicyclic) bond motifs is 1. The van der Waals surface area contributed by atoms with E-state index in [9.17, 15) is 19.1 Å². The lowest BCUT2D eigenvalue weighted by molar-refractivity contribution is -0.140. The second-order valence-corrected chi connectivity index (χ2v) is 8.59. The number of hydrogen-bond acceptors (Lipinski definition) is 5. The third-order valence-electron chi connectivity index (χ3n) is 6.32. The zero-order valence-electron chi connectivity index (χ0n) is 17.7. The minimum atomic E-state index is -0.816. The molecule has 6 nitrogen and oxygen atoms in total. The minimum Gasteiger partial charge on any atom is -0.507 e. The van der Waals surface area contributed by atoms with E-state index in [1.165, 1.54) is 17.0 Å². The molecule has 3 atom stereocenters. The molecule has 2 fully saturated rings. The average Bonchev–Trinajstić information content (AvgIpc) is 3.48. The molecule has 2 aromatic rings. The SMILES string of the molecule is CC1Cc2cc(C(O)=C3C(=O)C(=O)N(CC4CCCO4)C3c3ccc(F)cc3)ccc2O1. The Morgan fingerprint density at radius 2 is 1.97 bits per heavy atom. The summed E-state index contributed by atoms with van der Waals surface area (Å²) in [6.07, 6.45) is 2.26. The number of ketones is 1. The predicted octanol–water partition coefficient (Wildman–Crippen LogP) is 3.75. The van der Waals surface area contributed by atoms with Crippen LogP contribution in [0.5, 0.6) is 5.75 Å². The topological polar surface area (TPSA) is 76.1 Å². The van der Waals surface area contributed by atoms with E-state index >= 15 is 0 Å². The summed E-state index contributed by atoms with van der Waals surface area (Å²) in [7, 11) is 0. The van der Waals surface area contributed by atoms with Crippen LogP contribution in [0, 0.1) is 5.82 Å². The van der Waals surface area contributed by atoms with Crippen LogP contribution in [0.3, 0.4) is 0 Å². The molecule has 5 rings (SSSR count). The normalized spacial score (nSPS) is 26.4. The number of hydrogen-bond donors (Lipinski definition) is 1. The molecule has 32 heavy (non-hydrogen) atoms. The first kappa shape index (κ1) is 20.7. The molecule has 0 saturated carbocycles. The first-order valence-electron chi connectivity index (χ1n) is 10.9. The van der Waals surface area contributed by atoms with Gasteiger partial charge in [0, 0.05) is 25.1 Å². The Kier molecular flexibility index (Phi) is 5.21. The summed E-state index contributed by atoms with van der Waals surface area (Å²) in [4.78, 5) is 27.5. The van der Waals surface area contributed by atoms with Gasteiger partial charge in [-0.2, -0.15) is 0 Å². The van der Waals surface area contributed by atoms with Gasteiger partial charge in [0.15, 0.2) is 0 Å². The quantitative estimate of drug-likeness (QED) is 0.448. The molecule has 0 aromatic heterocycles. The van der Waals surface area contributed by atoms with Gasteiger partial charge < -0.3 is 19.5 Å². The second kappa shape index (κ2) is 8.06. The Morgan fingerprint density at radius 1 is 1.19 bits per heavy atom. The van der Waals surface area contributed by atoms with E-state index in [4.69, 9.17) is 9.47 Å². The highest BCUT2D eigenvalue weighted by atomic mass is 19.1. The minimum absolute atomic E-state index is 0.00604. The lowest BCUT2D eigenvalue weighted by Gasteiger charge is -2.27. The molecule has 3 unspecified atom stereocenters. The number of Topliss-reactive ketones (excluding diaryl/α,β-unsaturated/α-hetero) is 1. The fraction of sp³-hybridized carbons (Fsp3) is 0.360. The van der Waals surface area contributed by atoms with Crippen molar-refractivity contribution in [1.82, 2.24) is 4.90 Å². The molecule has 3 aliphatic rings. The maximum Gasteiger partial charge on any atom is 0.295 e. The van der Waals surface area contributed by atoms with E-state index in [2.05, 4.69) is 0 Å². The molecule has 7 heteroatoms. The van der Waals surface area contributed by atoms with Crippen LogP contribution in [-0.4, -0.2) is 47.1 Å². The zero-order chi connectivity index (χ0) is 22.4. The van der Waals surface area contributed by atoms with Crippen LogP contribution >= 0.6 is 0 Å². The highest BCUT2D eigenvalue weighted by molar-refractivity contribution is 6.46. The highest BCUT2D eigenvalue weighted by Crippen LogP contribution is 2.41. The first-order chi connectivity index (χ1) is 15.4. The molecular weight excluding hydrogens is 413 g/mol. The Morgan fingerprint density at radius 3 is 2.69 bits per heavy atom. The van der Waals surface area contributed by atoms with Gasteiger partial charge in [-0.1, -0.05) is 12.1 Å². The van der Waals surface area contributed by atoms with Crippen molar-refractivity contribution >= 4 is 17.4 Å². The van der Waals surface area contributed by atoms with Crippen LogP contribution in [0.25, 0.3) is 5.76 Å². The first-order valence-corrected chi connectivity index (χ1v) is 10.9. The summed E-state index contributed by atoms with van der Waals surface area (Å²) in [6.45, 7) is 2.81. The number of carbonyl (C=O) groups excluding carboxylic acids is 2. The summed E-state index contributed by atoms with van der Waals surface area (Å²) < 4.78 is 25.0. The monoisotopic (exact) mass is 437 g/mol. The molecule has 2 aromatic carbocycles. The van der Waals surface area contributed by atoms with E-state index in [1.807, 2.05) is 6.92 Å². The fourth-order valence-electron chi connectivity index (χ4n) is 4.79. The fourth-order valence-corrected chi connectivity index (χ4v) is 4.79. The van der Waals surface area contributed by atoms with E-state index in [0.717, 1.165) is 24.2 Å². The maximum absolute atomic E-state index is 13.6. The van der Waals surface area contributed by atoms with E-state index in [0.29, 0.717) is 24.2 Å². The number of ether oxygens (including phenoxy) is 2. The zero-order valence-corrected chi connectivity index (χ0v) is 17.7. The van der Waals surface area contributed by atoms with Crippen molar-refractivity contribution in [3.63, 3.8) is 0 Å². The number of halogens is 1. The van der Waals surface area contributed by atoms with Crippen molar-refractivity contribution in [2.45, 2.75) is 44.4 Å². The van der Waals surface area contributed by atoms with Crippen molar-refractivity contribution in [3.8, 4) is 5.75 Å². The van der Waals surface area contributed by atoms with Gasteiger partial charge >= 0.3 is 0 Å². The van der Waals surface area contributed by atoms with Gasteiger partial charge in [-0.05, 0) is 61.2 Å². The van der Waals surface area contributed by atoms with Gasteiger partial charge in [0.05, 0.1) is 17.7 Å². The highest BCUT2D eigenvalue weighted by Gasteiger charge is 2.47. The second-order valence-electron chi connectivity index (χ2n) is 8.59. The number of benzene rings is 2. The van der Waals surface area contributed by atoms with E-state index in [-0.39, 0.29) is 30.1 Å². The molecule has 3 heterocycles. The molecule has 166 valence electrons. The number of aliphatic hydroxyl groups excluding tert-OH is 1. The molecule has 3 aliphatic heterocycles. The summed E-state index contributed by atoms with van der Waals surface area (Å²) in [5.74, 6) is -1.34. The Labute approximate surface area is 185 Å². The summed E-state index contributed by atoms with van der Waals surface area (Å²) in [5, 5.41) is 11.2. The van der Waals surface area contributed by atoms with Gasteiger partial charge in [0.1, 0.15) is 23.4 Å². The average molecular weight is 437 g/mol. The number of carbonyl (C=O) groups is 2. The molecule has 0 radical (unpaired) electrons. The van der Waals surface area contributed by atoms with E-state index in [1.54, 1.807) is 30.3 Å². The van der Waals surface area contributed by atoms with Crippen LogP contribution in [0.15, 0.2) is 48.0 Å². The van der Waals surface area contributed by atoms with Gasteiger partial charge in [-0.25, -0.2) is 4.39 Å². The Bertz CT molecular complexity index is 1100. The maximum atomic E-state index is 13.6. The smallest absolute Gasteiger partial charge is 0.295 e. The van der Waals surface area contributed by atoms with Crippen LogP contribution < -0.4 is 4.74 Å². The Balaban J connectivity index is 1.59. The predicted molar refractivity (Wildman–Crippen MR) is 115 cm³/mol. The lowest BCUT2D eigenvalue weighted by Crippen LogP contribution is -2.36. The lowest BCUT2D eigenvalue weighted by atomic mass is 9.94. The molecule has 1 N–H and O–H groups in total. The van der Waals surface area contributed by atoms with Gasteiger partial charge in [0.2, 0.25) is 0 Å². The number of nitrogens with zero attached hydrogens (tertiary/aromatic N) is 1. The number of amides is 1. The van der Waals surface area contributed by atoms with Crippen molar-refractivity contribution in [2.24, 2.45) is 0 Å². The van der Waals surface area contributed by atoms with Gasteiger partial charge in [-0.3, -0.25) is 9.59 Å². The van der Waals surface area contributed by atoms with Crippen molar-refractivity contribution < 1.29 is 28.6 Å². The largest absolute Gasteiger partial charge is 0.507 e. The summed E-state index contributed by atoms with van der Waals surface area (Å²) in [6, 6.07) is 10.1. The van der Waals surface area contributed by atoms with Crippen LogP contribution in [0.2, 0.25) is 0 Å². The third-order valence-corrected chi connectivity index (χ3v) is 6.32. The Hall–Kier alpha value is -3.19. The number of likely N-dealkylation sites (tertiary alicyclic amines) is 1. The standard InChI is InChI=1S/C25H24FNO5/c1-14-11-17-12-16(6-9-20(17)32-14)23(28)21-22(15-4-7-18(26)8-5-15)27(25(30)24(21)29)13-19-3-2-10-31-19/h4-9,12,14,19,22,28H,2-3,10-11,13H2,1H3. The summed E-state index contributed by atoms with van der Waals surface area (Å²) >= 11 is 0. The molecule has 1 amide bonds. The number of rotatable bonds is 4. The van der Waals surface area contributed by atoms with Crippen LogP contribution in [0.1, 0.15) is 42.5 Å². The third kappa shape index (κ3) is 3.56. The van der Waals surface area contributed by atoms with Gasteiger partial charge in [-0.15, -0.1) is 0 Å². The van der Waals surface area contributed by atoms with Crippen molar-refractivity contribution in [3.05, 3.63) is 70.5 Å². The van der Waals surface area contributed by atoms with Crippen molar-refractivity contribution in [1.29, 1.82) is 0 Å². The van der Waals surface area contributed by atoms with Crippen molar-refractivity contribution in [2.75, 3.05) is 13.2 Å². The van der Waals surface area contributed by atoms with Crippen LogP contribution in [-0.2, 0) is 20.7 Å². The van der Waals surface area contributed by atoms with Crippen LogP contribution in [0.4, 0.5) is 4.39 Å². The molecule has 0 bridgehead atoms. The summed E-state index contributed by atoms with van der Waals surface area (Å²) in [5.41, 5.74) is 1.95.